The SMILES string of the molecule is Cc1ccc2c(c1)c1ccccc1n2CCN1CCCC1. The van der Waals surface area contributed by atoms with Crippen LogP contribution in [0, 0.1) is 6.92 Å². The summed E-state index contributed by atoms with van der Waals surface area (Å²) in [5.41, 5.74) is 4.09. The molecule has 0 N–H and O–H groups in total. The molecule has 2 heteroatoms. The van der Waals surface area contributed by atoms with Crippen molar-refractivity contribution in [3.8, 4) is 0 Å². The molecule has 0 spiro atoms. The summed E-state index contributed by atoms with van der Waals surface area (Å²) in [6.07, 6.45) is 2.73. The maximum Gasteiger partial charge on any atom is 0.0491 e. The van der Waals surface area contributed by atoms with E-state index in [9.17, 15) is 0 Å². The first-order valence-corrected chi connectivity index (χ1v) is 8.03. The normalized spacial score (nSPS) is 16.2. The fourth-order valence-electron chi connectivity index (χ4n) is 3.66. The zero-order valence-corrected chi connectivity index (χ0v) is 12.7. The van der Waals surface area contributed by atoms with E-state index < -0.39 is 0 Å². The molecule has 0 atom stereocenters. The Morgan fingerprint density at radius 1 is 0.857 bits per heavy atom. The second-order valence-electron chi connectivity index (χ2n) is 6.24. The van der Waals surface area contributed by atoms with Gasteiger partial charge < -0.3 is 9.47 Å². The van der Waals surface area contributed by atoms with Gasteiger partial charge in [-0.15, -0.1) is 0 Å². The third-order valence-corrected chi connectivity index (χ3v) is 4.77. The van der Waals surface area contributed by atoms with E-state index in [1.54, 1.807) is 0 Å². The minimum absolute atomic E-state index is 1.09. The van der Waals surface area contributed by atoms with Gasteiger partial charge in [0.15, 0.2) is 0 Å². The molecule has 1 aromatic heterocycles. The van der Waals surface area contributed by atoms with Gasteiger partial charge in [0.05, 0.1) is 0 Å². The van der Waals surface area contributed by atoms with E-state index in [2.05, 4.69) is 58.9 Å². The minimum atomic E-state index is 1.09. The van der Waals surface area contributed by atoms with E-state index in [1.807, 2.05) is 0 Å². The van der Waals surface area contributed by atoms with Crippen molar-refractivity contribution >= 4 is 21.8 Å². The highest BCUT2D eigenvalue weighted by Crippen LogP contribution is 2.29. The minimum Gasteiger partial charge on any atom is -0.339 e. The Kier molecular flexibility index (Phi) is 3.19. The van der Waals surface area contributed by atoms with E-state index >= 15 is 0 Å². The van der Waals surface area contributed by atoms with Crippen LogP contribution in [-0.4, -0.2) is 29.1 Å². The first-order chi connectivity index (χ1) is 10.3. The largest absolute Gasteiger partial charge is 0.339 e. The Hall–Kier alpha value is -1.80. The van der Waals surface area contributed by atoms with Gasteiger partial charge in [0.25, 0.3) is 0 Å². The molecular weight excluding hydrogens is 256 g/mol. The van der Waals surface area contributed by atoms with Gasteiger partial charge in [-0.2, -0.15) is 0 Å². The van der Waals surface area contributed by atoms with Crippen LogP contribution < -0.4 is 0 Å². The number of aryl methyl sites for hydroxylation is 1. The van der Waals surface area contributed by atoms with Gasteiger partial charge in [-0.05, 0) is 51.1 Å². The molecule has 0 aliphatic carbocycles. The Morgan fingerprint density at radius 3 is 2.48 bits per heavy atom. The van der Waals surface area contributed by atoms with E-state index in [0.29, 0.717) is 0 Å². The average molecular weight is 278 g/mol. The van der Waals surface area contributed by atoms with E-state index in [-0.39, 0.29) is 0 Å². The number of benzene rings is 2. The number of hydrogen-bond acceptors (Lipinski definition) is 1. The summed E-state index contributed by atoms with van der Waals surface area (Å²) in [4.78, 5) is 2.59. The quantitative estimate of drug-likeness (QED) is 0.697. The van der Waals surface area contributed by atoms with Gasteiger partial charge >= 0.3 is 0 Å². The number of rotatable bonds is 3. The highest BCUT2D eigenvalue weighted by molar-refractivity contribution is 6.08. The molecule has 4 rings (SSSR count). The number of para-hydroxylation sites is 1. The van der Waals surface area contributed by atoms with Crippen LogP contribution in [-0.2, 0) is 6.54 Å². The van der Waals surface area contributed by atoms with Crippen LogP contribution in [0.4, 0.5) is 0 Å². The summed E-state index contributed by atoms with van der Waals surface area (Å²) in [6.45, 7) is 6.98. The Morgan fingerprint density at radius 2 is 1.62 bits per heavy atom. The molecule has 21 heavy (non-hydrogen) atoms. The van der Waals surface area contributed by atoms with Crippen LogP contribution in [0.1, 0.15) is 18.4 Å². The first-order valence-electron chi connectivity index (χ1n) is 8.03. The number of aromatic nitrogens is 1. The lowest BCUT2D eigenvalue weighted by Gasteiger charge is -2.16. The van der Waals surface area contributed by atoms with E-state index in [0.717, 1.165) is 6.54 Å². The summed E-state index contributed by atoms with van der Waals surface area (Å²) in [7, 11) is 0. The van der Waals surface area contributed by atoms with Crippen molar-refractivity contribution < 1.29 is 0 Å². The summed E-state index contributed by atoms with van der Waals surface area (Å²) in [5.74, 6) is 0. The van der Waals surface area contributed by atoms with Crippen LogP contribution >= 0.6 is 0 Å². The Labute approximate surface area is 126 Å². The standard InChI is InChI=1S/C19H22N2/c1-15-8-9-19-17(14-15)16-6-2-3-7-18(16)21(19)13-12-20-10-4-5-11-20/h2-3,6-9,14H,4-5,10-13H2,1H3. The van der Waals surface area contributed by atoms with Gasteiger partial charge in [0.1, 0.15) is 0 Å². The highest BCUT2D eigenvalue weighted by atomic mass is 15.2. The molecule has 0 radical (unpaired) electrons. The van der Waals surface area contributed by atoms with Crippen LogP contribution in [0.3, 0.4) is 0 Å². The fraction of sp³-hybridized carbons (Fsp3) is 0.368. The lowest BCUT2D eigenvalue weighted by molar-refractivity contribution is 0.326. The van der Waals surface area contributed by atoms with Crippen LogP contribution in [0.2, 0.25) is 0 Å². The summed E-state index contributed by atoms with van der Waals surface area (Å²) in [6, 6.07) is 15.7. The molecule has 0 unspecified atom stereocenters. The predicted molar refractivity (Wildman–Crippen MR) is 89.9 cm³/mol. The predicted octanol–water partition coefficient (Wildman–Crippen LogP) is 4.20. The lowest BCUT2D eigenvalue weighted by atomic mass is 10.1. The molecule has 108 valence electrons. The van der Waals surface area contributed by atoms with Crippen molar-refractivity contribution in [1.82, 2.24) is 9.47 Å². The maximum atomic E-state index is 2.59. The molecule has 0 amide bonds. The molecule has 0 bridgehead atoms. The molecule has 1 aliphatic rings. The molecule has 1 aliphatic heterocycles. The smallest absolute Gasteiger partial charge is 0.0491 e. The van der Waals surface area contributed by atoms with Gasteiger partial charge in [-0.25, -0.2) is 0 Å². The van der Waals surface area contributed by atoms with Gasteiger partial charge in [-0.1, -0.05) is 29.8 Å². The van der Waals surface area contributed by atoms with Crippen molar-refractivity contribution in [2.45, 2.75) is 26.3 Å². The lowest BCUT2D eigenvalue weighted by Crippen LogP contribution is -2.23. The monoisotopic (exact) mass is 278 g/mol. The number of nitrogens with zero attached hydrogens (tertiary/aromatic N) is 2. The van der Waals surface area contributed by atoms with Crippen LogP contribution in [0.25, 0.3) is 21.8 Å². The first kappa shape index (κ1) is 12.9. The van der Waals surface area contributed by atoms with Crippen molar-refractivity contribution in [2.24, 2.45) is 0 Å². The Balaban J connectivity index is 1.80. The van der Waals surface area contributed by atoms with Crippen LogP contribution in [0.5, 0.6) is 0 Å². The van der Waals surface area contributed by atoms with E-state index in [1.165, 1.54) is 59.8 Å². The number of hydrogen-bond donors (Lipinski definition) is 0. The zero-order chi connectivity index (χ0) is 14.2. The molecule has 2 aromatic carbocycles. The van der Waals surface area contributed by atoms with E-state index in [4.69, 9.17) is 0 Å². The van der Waals surface area contributed by atoms with Crippen molar-refractivity contribution in [3.05, 3.63) is 48.0 Å². The van der Waals surface area contributed by atoms with Crippen molar-refractivity contribution in [2.75, 3.05) is 19.6 Å². The molecule has 0 saturated carbocycles. The molecule has 1 saturated heterocycles. The van der Waals surface area contributed by atoms with Gasteiger partial charge in [0.2, 0.25) is 0 Å². The van der Waals surface area contributed by atoms with Crippen molar-refractivity contribution in [1.29, 1.82) is 0 Å². The molecule has 2 nitrogen and oxygen atoms in total. The number of fused-ring (bicyclic) bond motifs is 3. The second-order valence-corrected chi connectivity index (χ2v) is 6.24. The topological polar surface area (TPSA) is 8.17 Å². The summed E-state index contributed by atoms with van der Waals surface area (Å²) < 4.78 is 2.50. The van der Waals surface area contributed by atoms with Gasteiger partial charge in [0, 0.05) is 34.9 Å². The molecule has 3 aromatic rings. The fourth-order valence-corrected chi connectivity index (χ4v) is 3.66. The summed E-state index contributed by atoms with van der Waals surface area (Å²) >= 11 is 0. The van der Waals surface area contributed by atoms with Gasteiger partial charge in [-0.3, -0.25) is 0 Å². The second kappa shape index (κ2) is 5.19. The highest BCUT2D eigenvalue weighted by Gasteiger charge is 2.14. The number of likely N-dealkylation sites (tertiary alicyclic amines) is 1. The molecular formula is C19H22N2. The van der Waals surface area contributed by atoms with Crippen molar-refractivity contribution in [3.63, 3.8) is 0 Å². The molecule has 1 fully saturated rings. The Bertz CT molecular complexity index is 779. The molecule has 2 heterocycles. The maximum absolute atomic E-state index is 2.59. The average Bonchev–Trinajstić information content (AvgIpc) is 3.11. The third-order valence-electron chi connectivity index (χ3n) is 4.77. The summed E-state index contributed by atoms with van der Waals surface area (Å²) in [5, 5.41) is 2.78. The zero-order valence-electron chi connectivity index (χ0n) is 12.7. The van der Waals surface area contributed by atoms with Crippen LogP contribution in [0.15, 0.2) is 42.5 Å². The third kappa shape index (κ3) is 2.24.